The molecule has 0 N–H and O–H groups in total. The van der Waals surface area contributed by atoms with Crippen LogP contribution in [0.3, 0.4) is 0 Å². The molecule has 1 saturated carbocycles. The minimum atomic E-state index is -0.641. The predicted molar refractivity (Wildman–Crippen MR) is 98.7 cm³/mol. The predicted octanol–water partition coefficient (Wildman–Crippen LogP) is 2.52. The van der Waals surface area contributed by atoms with Gasteiger partial charge in [0.2, 0.25) is 0 Å². The standard InChI is InChI=1S/C21H26N2O3/c1-4-13-11-22(2)18-10-21(19-9-14(13)15(18)12-26-19)16-7-5-6-8-17(16)23(25-3)20(21)24/h4-8,14-15,18-19H,9-12H2,1-3H3/b13-4+/t14-,15-,18-,19+,21-/m0/s1. The number of likely N-dealkylation sites (tertiary alicyclic amines) is 1. The number of carbonyl (C=O) groups excluding carboxylic acids is 1. The van der Waals surface area contributed by atoms with Crippen LogP contribution >= 0.6 is 0 Å². The van der Waals surface area contributed by atoms with E-state index in [0.29, 0.717) is 17.9 Å². The smallest absolute Gasteiger partial charge is 0.264 e. The van der Waals surface area contributed by atoms with Gasteiger partial charge in [-0.05, 0) is 44.4 Å². The van der Waals surface area contributed by atoms with Crippen LogP contribution in [-0.2, 0) is 19.8 Å². The summed E-state index contributed by atoms with van der Waals surface area (Å²) in [6.45, 7) is 3.88. The Kier molecular flexibility index (Phi) is 3.58. The van der Waals surface area contributed by atoms with Crippen LogP contribution in [0.2, 0.25) is 0 Å². The number of allylic oxidation sites excluding steroid dienone is 1. The highest BCUT2D eigenvalue weighted by atomic mass is 16.7. The van der Waals surface area contributed by atoms with Gasteiger partial charge in [0.15, 0.2) is 0 Å². The molecule has 5 nitrogen and oxygen atoms in total. The second kappa shape index (κ2) is 5.65. The van der Waals surface area contributed by atoms with Crippen LogP contribution in [0.25, 0.3) is 0 Å². The molecule has 5 heteroatoms. The summed E-state index contributed by atoms with van der Waals surface area (Å²) in [6, 6.07) is 8.42. The Bertz CT molecular complexity index is 791. The van der Waals surface area contributed by atoms with E-state index in [2.05, 4.69) is 31.0 Å². The van der Waals surface area contributed by atoms with Gasteiger partial charge in [0.25, 0.3) is 5.91 Å². The normalized spacial score (nSPS) is 40.3. The monoisotopic (exact) mass is 354 g/mol. The molecule has 138 valence electrons. The fourth-order valence-electron chi connectivity index (χ4n) is 6.01. The van der Waals surface area contributed by atoms with Crippen LogP contribution in [0.15, 0.2) is 35.9 Å². The summed E-state index contributed by atoms with van der Waals surface area (Å²) in [5.41, 5.74) is 2.80. The zero-order valence-electron chi connectivity index (χ0n) is 15.6. The second-order valence-electron chi connectivity index (χ2n) is 8.15. The molecule has 5 aliphatic rings. The van der Waals surface area contributed by atoms with Gasteiger partial charge >= 0.3 is 0 Å². The lowest BCUT2D eigenvalue weighted by Crippen LogP contribution is -2.50. The highest BCUT2D eigenvalue weighted by molar-refractivity contribution is 6.07. The highest BCUT2D eigenvalue weighted by Crippen LogP contribution is 2.57. The number of amides is 1. The first-order chi connectivity index (χ1) is 12.6. The minimum absolute atomic E-state index is 0.0369. The maximum atomic E-state index is 13.6. The zero-order valence-corrected chi connectivity index (χ0v) is 15.6. The Morgan fingerprint density at radius 3 is 2.92 bits per heavy atom. The maximum Gasteiger partial charge on any atom is 0.264 e. The minimum Gasteiger partial charge on any atom is -0.376 e. The van der Waals surface area contributed by atoms with E-state index in [1.165, 1.54) is 10.6 Å². The lowest BCUT2D eigenvalue weighted by molar-refractivity contribution is -0.137. The summed E-state index contributed by atoms with van der Waals surface area (Å²) in [4.78, 5) is 21.6. The van der Waals surface area contributed by atoms with Gasteiger partial charge in [-0.25, -0.2) is 0 Å². The molecule has 3 saturated heterocycles. The average molecular weight is 354 g/mol. The summed E-state index contributed by atoms with van der Waals surface area (Å²) in [7, 11) is 3.77. The Labute approximate surface area is 154 Å². The molecule has 1 spiro atoms. The molecule has 1 aromatic carbocycles. The number of ether oxygens (including phenoxy) is 1. The Balaban J connectivity index is 1.70. The van der Waals surface area contributed by atoms with Crippen LogP contribution in [0.1, 0.15) is 25.3 Å². The van der Waals surface area contributed by atoms with Crippen molar-refractivity contribution in [2.75, 3.05) is 32.4 Å². The van der Waals surface area contributed by atoms with Crippen molar-refractivity contribution >= 4 is 11.6 Å². The number of likely N-dealkylation sites (N-methyl/N-ethyl adjacent to an activating group) is 1. The molecule has 1 aromatic rings. The summed E-state index contributed by atoms with van der Waals surface area (Å²) < 4.78 is 6.38. The number of hydrogen-bond acceptors (Lipinski definition) is 4. The Morgan fingerprint density at radius 1 is 1.35 bits per heavy atom. The van der Waals surface area contributed by atoms with Crippen LogP contribution < -0.4 is 5.06 Å². The third-order valence-electron chi connectivity index (χ3n) is 7.25. The molecule has 4 bridgehead atoms. The first-order valence-corrected chi connectivity index (χ1v) is 9.57. The van der Waals surface area contributed by atoms with Crippen molar-refractivity contribution in [3.8, 4) is 0 Å². The van der Waals surface area contributed by atoms with E-state index in [4.69, 9.17) is 9.57 Å². The molecule has 0 aromatic heterocycles. The molecule has 0 unspecified atom stereocenters. The van der Waals surface area contributed by atoms with E-state index in [1.54, 1.807) is 7.11 Å². The van der Waals surface area contributed by atoms with Gasteiger partial charge in [-0.15, -0.1) is 0 Å². The Hall–Kier alpha value is -1.69. The lowest BCUT2D eigenvalue weighted by atomic mass is 9.72. The fraction of sp³-hybridized carbons (Fsp3) is 0.571. The zero-order chi connectivity index (χ0) is 18.1. The summed E-state index contributed by atoms with van der Waals surface area (Å²) in [6.07, 6.45) is 3.91. The average Bonchev–Trinajstić information content (AvgIpc) is 2.77. The van der Waals surface area contributed by atoms with Crippen molar-refractivity contribution in [2.45, 2.75) is 37.3 Å². The largest absolute Gasteiger partial charge is 0.376 e. The number of hydrogen-bond donors (Lipinski definition) is 0. The van der Waals surface area contributed by atoms with Crippen molar-refractivity contribution < 1.29 is 14.4 Å². The summed E-state index contributed by atoms with van der Waals surface area (Å²) >= 11 is 0. The SMILES string of the molecule is C/C=C1\CN(C)[C@H]2C[C@@]3(C(=O)N(OC)c4ccccc43)[C@H]3C[C@@H]1[C@@H]2CO3. The molecule has 4 heterocycles. The first kappa shape index (κ1) is 16.5. The van der Waals surface area contributed by atoms with Gasteiger partial charge in [-0.1, -0.05) is 29.8 Å². The van der Waals surface area contributed by atoms with Crippen molar-refractivity contribution in [1.29, 1.82) is 0 Å². The molecule has 4 fully saturated rings. The molecular weight excluding hydrogens is 328 g/mol. The van der Waals surface area contributed by atoms with Crippen LogP contribution in [0.4, 0.5) is 5.69 Å². The molecule has 1 aliphatic carbocycles. The molecular formula is C21H26N2O3. The van der Waals surface area contributed by atoms with Gasteiger partial charge in [0.1, 0.15) is 5.41 Å². The number of nitrogens with zero attached hydrogens (tertiary/aromatic N) is 2. The number of benzene rings is 1. The van der Waals surface area contributed by atoms with E-state index in [-0.39, 0.29) is 12.0 Å². The van der Waals surface area contributed by atoms with E-state index in [1.807, 2.05) is 18.2 Å². The molecule has 4 aliphatic heterocycles. The number of hydroxylamine groups is 1. The topological polar surface area (TPSA) is 42.0 Å². The van der Waals surface area contributed by atoms with E-state index in [9.17, 15) is 4.79 Å². The van der Waals surface area contributed by atoms with E-state index >= 15 is 0 Å². The number of rotatable bonds is 1. The second-order valence-corrected chi connectivity index (χ2v) is 8.15. The third-order valence-corrected chi connectivity index (χ3v) is 7.25. The van der Waals surface area contributed by atoms with Crippen LogP contribution in [0, 0.1) is 11.8 Å². The molecule has 5 atom stereocenters. The Morgan fingerprint density at radius 2 is 2.15 bits per heavy atom. The number of fused-ring (bicyclic) bond motifs is 2. The molecule has 0 radical (unpaired) electrons. The van der Waals surface area contributed by atoms with Crippen molar-refractivity contribution in [3.05, 3.63) is 41.5 Å². The lowest BCUT2D eigenvalue weighted by Gasteiger charge is -2.46. The molecule has 26 heavy (non-hydrogen) atoms. The van der Waals surface area contributed by atoms with Gasteiger partial charge < -0.3 is 4.74 Å². The highest BCUT2D eigenvalue weighted by Gasteiger charge is 2.63. The van der Waals surface area contributed by atoms with E-state index in [0.717, 1.165) is 37.2 Å². The number of piperidine rings is 1. The third kappa shape index (κ3) is 1.89. The summed E-state index contributed by atoms with van der Waals surface area (Å²) in [5.74, 6) is 1.03. The van der Waals surface area contributed by atoms with Gasteiger partial charge in [-0.3, -0.25) is 14.5 Å². The fourth-order valence-corrected chi connectivity index (χ4v) is 6.01. The maximum absolute atomic E-state index is 13.6. The van der Waals surface area contributed by atoms with Gasteiger partial charge in [0.05, 0.1) is 25.5 Å². The van der Waals surface area contributed by atoms with Gasteiger partial charge in [-0.2, -0.15) is 5.06 Å². The number of anilines is 1. The van der Waals surface area contributed by atoms with Crippen molar-refractivity contribution in [1.82, 2.24) is 4.90 Å². The van der Waals surface area contributed by atoms with Crippen LogP contribution in [0.5, 0.6) is 0 Å². The molecule has 1 amide bonds. The summed E-state index contributed by atoms with van der Waals surface area (Å²) in [5, 5.41) is 1.48. The number of para-hydroxylation sites is 1. The number of carbonyl (C=O) groups is 1. The van der Waals surface area contributed by atoms with Crippen molar-refractivity contribution in [3.63, 3.8) is 0 Å². The quantitative estimate of drug-likeness (QED) is 0.727. The van der Waals surface area contributed by atoms with Gasteiger partial charge in [0, 0.05) is 18.5 Å². The molecule has 6 rings (SSSR count). The first-order valence-electron chi connectivity index (χ1n) is 9.57. The van der Waals surface area contributed by atoms with Crippen molar-refractivity contribution in [2.24, 2.45) is 11.8 Å². The van der Waals surface area contributed by atoms with Crippen LogP contribution in [-0.4, -0.2) is 50.3 Å². The van der Waals surface area contributed by atoms with E-state index < -0.39 is 5.41 Å².